The summed E-state index contributed by atoms with van der Waals surface area (Å²) in [6, 6.07) is 0.251. The molecular weight excluding hydrogens is 346 g/mol. The van der Waals surface area contributed by atoms with Gasteiger partial charge in [-0.15, -0.1) is 0 Å². The van der Waals surface area contributed by atoms with Crippen molar-refractivity contribution in [3.63, 3.8) is 0 Å². The van der Waals surface area contributed by atoms with E-state index >= 15 is 0 Å². The molecule has 0 N–H and O–H groups in total. The fraction of sp³-hybridized carbons (Fsp3) is 0.941. The molecule has 7 heteroatoms. The van der Waals surface area contributed by atoms with Gasteiger partial charge in [-0.3, -0.25) is 4.79 Å². The molecule has 5 nitrogen and oxygen atoms in total. The van der Waals surface area contributed by atoms with Gasteiger partial charge >= 0.3 is 0 Å². The number of rotatable bonds is 7. The maximum atomic E-state index is 12.8. The van der Waals surface area contributed by atoms with Crippen LogP contribution in [0.5, 0.6) is 0 Å². The van der Waals surface area contributed by atoms with Crippen LogP contribution in [-0.2, 0) is 19.4 Å². The van der Waals surface area contributed by atoms with Gasteiger partial charge in [0.25, 0.3) is 0 Å². The molecule has 0 aromatic carbocycles. The summed E-state index contributed by atoms with van der Waals surface area (Å²) in [6.07, 6.45) is 6.89. The van der Waals surface area contributed by atoms with Crippen molar-refractivity contribution in [2.24, 2.45) is 0 Å². The van der Waals surface area contributed by atoms with Gasteiger partial charge in [0.05, 0.1) is 17.1 Å². The molecule has 3 rings (SSSR count). The summed E-state index contributed by atoms with van der Waals surface area (Å²) in [5.74, 6) is 2.06. The van der Waals surface area contributed by atoms with Gasteiger partial charge in [-0.2, -0.15) is 11.8 Å². The summed E-state index contributed by atoms with van der Waals surface area (Å²) in [7, 11) is -3.12. The van der Waals surface area contributed by atoms with Crippen LogP contribution in [0.15, 0.2) is 0 Å². The molecule has 2 heterocycles. The molecule has 0 aromatic rings. The molecule has 138 valence electrons. The van der Waals surface area contributed by atoms with Crippen molar-refractivity contribution in [1.29, 1.82) is 0 Å². The number of ether oxygens (including phenoxy) is 1. The van der Waals surface area contributed by atoms with E-state index in [2.05, 4.69) is 0 Å². The SMILES string of the molecule is O=C(CCS(=O)(=O)C1CCCC1)N(CC1CCCO1)C1CCSC1. The third kappa shape index (κ3) is 4.67. The first-order chi connectivity index (χ1) is 11.6. The second kappa shape index (κ2) is 8.41. The maximum absolute atomic E-state index is 12.8. The Hall–Kier alpha value is -0.270. The number of hydrogen-bond acceptors (Lipinski definition) is 5. The van der Waals surface area contributed by atoms with Crippen molar-refractivity contribution in [3.8, 4) is 0 Å². The zero-order valence-electron chi connectivity index (χ0n) is 14.3. The third-order valence-corrected chi connectivity index (χ3v) is 8.91. The van der Waals surface area contributed by atoms with Gasteiger partial charge < -0.3 is 9.64 Å². The first kappa shape index (κ1) is 18.5. The summed E-state index contributed by atoms with van der Waals surface area (Å²) in [5, 5.41) is -0.209. The first-order valence-corrected chi connectivity index (χ1v) is 12.1. The number of sulfone groups is 1. The Morgan fingerprint density at radius 1 is 1.12 bits per heavy atom. The topological polar surface area (TPSA) is 63.7 Å². The van der Waals surface area contributed by atoms with Crippen LogP contribution in [0.3, 0.4) is 0 Å². The van der Waals surface area contributed by atoms with E-state index in [9.17, 15) is 13.2 Å². The van der Waals surface area contributed by atoms with Crippen LogP contribution in [-0.4, -0.2) is 67.0 Å². The highest BCUT2D eigenvalue weighted by Crippen LogP contribution is 2.27. The summed E-state index contributed by atoms with van der Waals surface area (Å²) in [5.41, 5.74) is 0. The summed E-state index contributed by atoms with van der Waals surface area (Å²) < 4.78 is 30.6. The normalized spacial score (nSPS) is 28.5. The Morgan fingerprint density at radius 2 is 1.92 bits per heavy atom. The molecule has 2 unspecified atom stereocenters. The fourth-order valence-electron chi connectivity index (χ4n) is 4.02. The highest BCUT2D eigenvalue weighted by Gasteiger charge is 2.33. The monoisotopic (exact) mass is 375 g/mol. The lowest BCUT2D eigenvalue weighted by Gasteiger charge is -2.31. The van der Waals surface area contributed by atoms with Gasteiger partial charge in [-0.25, -0.2) is 8.42 Å². The molecule has 2 saturated heterocycles. The smallest absolute Gasteiger partial charge is 0.223 e. The molecule has 0 bridgehead atoms. The molecule has 3 aliphatic rings. The van der Waals surface area contributed by atoms with Crippen molar-refractivity contribution >= 4 is 27.5 Å². The summed E-state index contributed by atoms with van der Waals surface area (Å²) in [6.45, 7) is 1.41. The van der Waals surface area contributed by atoms with Crippen LogP contribution >= 0.6 is 11.8 Å². The lowest BCUT2D eigenvalue weighted by molar-refractivity contribution is -0.134. The molecule has 0 radical (unpaired) electrons. The minimum Gasteiger partial charge on any atom is -0.376 e. The van der Waals surface area contributed by atoms with Crippen LogP contribution in [0.2, 0.25) is 0 Å². The van der Waals surface area contributed by atoms with Crippen LogP contribution in [0, 0.1) is 0 Å². The Bertz CT molecular complexity index is 519. The van der Waals surface area contributed by atoms with Crippen LogP contribution < -0.4 is 0 Å². The predicted octanol–water partition coefficient (Wildman–Crippen LogP) is 2.25. The quantitative estimate of drug-likeness (QED) is 0.683. The van der Waals surface area contributed by atoms with E-state index in [-0.39, 0.29) is 35.5 Å². The summed E-state index contributed by atoms with van der Waals surface area (Å²) >= 11 is 1.88. The van der Waals surface area contributed by atoms with E-state index in [1.54, 1.807) is 0 Å². The number of amides is 1. The van der Waals surface area contributed by atoms with Gasteiger partial charge in [-0.05, 0) is 37.9 Å². The van der Waals surface area contributed by atoms with E-state index in [1.165, 1.54) is 0 Å². The maximum Gasteiger partial charge on any atom is 0.223 e. The van der Waals surface area contributed by atoms with E-state index in [0.29, 0.717) is 6.54 Å². The molecule has 0 spiro atoms. The highest BCUT2D eigenvalue weighted by molar-refractivity contribution is 7.99. The number of nitrogens with zero attached hydrogens (tertiary/aromatic N) is 1. The Labute approximate surface area is 149 Å². The highest BCUT2D eigenvalue weighted by atomic mass is 32.2. The van der Waals surface area contributed by atoms with Crippen LogP contribution in [0.25, 0.3) is 0 Å². The second-order valence-corrected chi connectivity index (χ2v) is 10.8. The number of thioether (sulfide) groups is 1. The fourth-order valence-corrected chi connectivity index (χ4v) is 7.09. The van der Waals surface area contributed by atoms with Crippen molar-refractivity contribution in [2.45, 2.75) is 68.8 Å². The van der Waals surface area contributed by atoms with Crippen LogP contribution in [0.1, 0.15) is 51.4 Å². The van der Waals surface area contributed by atoms with Gasteiger partial charge in [0, 0.05) is 31.4 Å². The lowest BCUT2D eigenvalue weighted by atomic mass is 10.1. The Kier molecular flexibility index (Phi) is 6.49. The largest absolute Gasteiger partial charge is 0.376 e. The van der Waals surface area contributed by atoms with Crippen molar-refractivity contribution in [3.05, 3.63) is 0 Å². The Morgan fingerprint density at radius 3 is 2.54 bits per heavy atom. The molecule has 1 aliphatic carbocycles. The number of carbonyl (C=O) groups is 1. The molecule has 2 atom stereocenters. The standard InChI is InChI=1S/C17H29NO4S2/c19-17(8-11-24(20,21)16-5-1-2-6-16)18(14-7-10-23-13-14)12-15-4-3-9-22-15/h14-16H,1-13H2. The van der Waals surface area contributed by atoms with Gasteiger partial charge in [-0.1, -0.05) is 12.8 Å². The minimum absolute atomic E-state index is 0.000396. The van der Waals surface area contributed by atoms with E-state index < -0.39 is 9.84 Å². The van der Waals surface area contributed by atoms with E-state index in [0.717, 1.165) is 63.1 Å². The minimum atomic E-state index is -3.12. The average Bonchev–Trinajstić information content (AvgIpc) is 3.33. The molecule has 0 aromatic heterocycles. The zero-order valence-corrected chi connectivity index (χ0v) is 16.0. The molecule has 1 amide bonds. The lowest BCUT2D eigenvalue weighted by Crippen LogP contribution is -2.45. The third-order valence-electron chi connectivity index (χ3n) is 5.50. The van der Waals surface area contributed by atoms with E-state index in [4.69, 9.17) is 4.74 Å². The van der Waals surface area contributed by atoms with Gasteiger partial charge in [0.2, 0.25) is 5.91 Å². The zero-order chi connectivity index (χ0) is 17.0. The molecule has 3 fully saturated rings. The van der Waals surface area contributed by atoms with Crippen molar-refractivity contribution in [1.82, 2.24) is 4.90 Å². The summed E-state index contributed by atoms with van der Waals surface area (Å²) in [4.78, 5) is 14.7. The second-order valence-electron chi connectivity index (χ2n) is 7.22. The number of carbonyl (C=O) groups excluding carboxylic acids is 1. The Balaban J connectivity index is 1.57. The average molecular weight is 376 g/mol. The molecule has 24 heavy (non-hydrogen) atoms. The van der Waals surface area contributed by atoms with Crippen molar-refractivity contribution < 1.29 is 17.9 Å². The predicted molar refractivity (Wildman–Crippen MR) is 97.1 cm³/mol. The van der Waals surface area contributed by atoms with Gasteiger partial charge in [0.1, 0.15) is 0 Å². The molecular formula is C17H29NO4S2. The number of hydrogen-bond donors (Lipinski definition) is 0. The van der Waals surface area contributed by atoms with E-state index in [1.807, 2.05) is 16.7 Å². The molecule has 1 saturated carbocycles. The van der Waals surface area contributed by atoms with Gasteiger partial charge in [0.15, 0.2) is 9.84 Å². The first-order valence-electron chi connectivity index (χ1n) is 9.26. The van der Waals surface area contributed by atoms with Crippen molar-refractivity contribution in [2.75, 3.05) is 30.4 Å². The molecule has 2 aliphatic heterocycles. The van der Waals surface area contributed by atoms with Crippen LogP contribution in [0.4, 0.5) is 0 Å².